The molecule has 5 nitrogen and oxygen atoms in total. The van der Waals surface area contributed by atoms with E-state index in [0.29, 0.717) is 0 Å². The number of fused-ring (bicyclic) bond motifs is 2. The molecule has 0 spiro atoms. The van der Waals surface area contributed by atoms with Crippen LogP contribution in [0.1, 0.15) is 37.9 Å². The highest BCUT2D eigenvalue weighted by atomic mass is 16.4. The first-order valence-corrected chi connectivity index (χ1v) is 8.24. The minimum Gasteiger partial charge on any atom is -0.481 e. The summed E-state index contributed by atoms with van der Waals surface area (Å²) in [5, 5.41) is 12.5. The highest BCUT2D eigenvalue weighted by Gasteiger charge is 2.51. The zero-order valence-corrected chi connectivity index (χ0v) is 13.2. The van der Waals surface area contributed by atoms with E-state index in [1.807, 2.05) is 30.4 Å². The van der Waals surface area contributed by atoms with E-state index < -0.39 is 17.8 Å². The normalized spacial score (nSPS) is 29.4. The number of hydrogen-bond acceptors (Lipinski definition) is 3. The maximum Gasteiger partial charge on any atom is 0.307 e. The Bertz CT molecular complexity index is 614. The summed E-state index contributed by atoms with van der Waals surface area (Å²) in [6.45, 7) is 2.06. The van der Waals surface area contributed by atoms with E-state index in [2.05, 4.69) is 17.2 Å². The second-order valence-corrected chi connectivity index (χ2v) is 6.44. The van der Waals surface area contributed by atoms with Crippen molar-refractivity contribution in [1.29, 1.82) is 0 Å². The van der Waals surface area contributed by atoms with Crippen LogP contribution in [-0.2, 0) is 9.59 Å². The number of rotatable bonds is 6. The average molecular weight is 314 g/mol. The molecule has 1 saturated carbocycles. The van der Waals surface area contributed by atoms with Crippen molar-refractivity contribution in [2.45, 2.75) is 32.2 Å². The Balaban J connectivity index is 1.77. The molecule has 1 heterocycles. The minimum absolute atomic E-state index is 0.00674. The summed E-state index contributed by atoms with van der Waals surface area (Å²) >= 11 is 0. The molecule has 1 aromatic rings. The number of amides is 1. The lowest BCUT2D eigenvalue weighted by atomic mass is 9.82. The molecule has 1 aromatic heterocycles. The Morgan fingerprint density at radius 1 is 1.30 bits per heavy atom. The van der Waals surface area contributed by atoms with Gasteiger partial charge in [0, 0.05) is 6.20 Å². The number of nitrogens with zero attached hydrogens (tertiary/aromatic N) is 1. The van der Waals surface area contributed by atoms with E-state index in [0.717, 1.165) is 25.0 Å². The van der Waals surface area contributed by atoms with Crippen molar-refractivity contribution in [3.8, 4) is 0 Å². The predicted octanol–water partition coefficient (Wildman–Crippen LogP) is 2.56. The van der Waals surface area contributed by atoms with Crippen LogP contribution < -0.4 is 5.32 Å². The van der Waals surface area contributed by atoms with Gasteiger partial charge in [-0.3, -0.25) is 14.6 Å². The quantitative estimate of drug-likeness (QED) is 0.791. The molecule has 0 saturated heterocycles. The fourth-order valence-electron chi connectivity index (χ4n) is 3.95. The molecule has 2 N–H and O–H groups in total. The first kappa shape index (κ1) is 15.7. The zero-order valence-electron chi connectivity index (χ0n) is 13.2. The fraction of sp³-hybridized carbons (Fsp3) is 0.500. The summed E-state index contributed by atoms with van der Waals surface area (Å²) < 4.78 is 0. The second-order valence-electron chi connectivity index (χ2n) is 6.44. The van der Waals surface area contributed by atoms with Gasteiger partial charge in [-0.1, -0.05) is 31.6 Å². The number of hydrogen-bond donors (Lipinski definition) is 2. The van der Waals surface area contributed by atoms with Gasteiger partial charge in [0.05, 0.1) is 23.6 Å². The summed E-state index contributed by atoms with van der Waals surface area (Å²) in [5.41, 5.74) is 0.827. The molecule has 3 rings (SSSR count). The molecule has 23 heavy (non-hydrogen) atoms. The maximum absolute atomic E-state index is 12.8. The summed E-state index contributed by atoms with van der Waals surface area (Å²) in [7, 11) is 0. The fourth-order valence-corrected chi connectivity index (χ4v) is 3.95. The Hall–Kier alpha value is -2.17. The predicted molar refractivity (Wildman–Crippen MR) is 85.4 cm³/mol. The minimum atomic E-state index is -0.869. The molecule has 5 atom stereocenters. The molecule has 0 radical (unpaired) electrons. The number of carbonyl (C=O) groups is 2. The third kappa shape index (κ3) is 3.00. The topological polar surface area (TPSA) is 79.3 Å². The van der Waals surface area contributed by atoms with Gasteiger partial charge in [-0.05, 0) is 36.8 Å². The van der Waals surface area contributed by atoms with Crippen LogP contribution in [0.5, 0.6) is 0 Å². The average Bonchev–Trinajstić information content (AvgIpc) is 3.16. The monoisotopic (exact) mass is 314 g/mol. The van der Waals surface area contributed by atoms with E-state index in [1.54, 1.807) is 6.20 Å². The standard InChI is InChI=1S/C18H22N2O3/c1-2-5-14(13-6-3-4-9-19-13)20-17(21)15-11-7-8-12(10-11)16(15)18(22)23/h3-4,6-9,11-12,14-16H,2,5,10H2,1H3,(H,20,21)(H,22,23)/t11-,12-,14-,15-,16+/m0/s1. The molecule has 1 amide bonds. The Morgan fingerprint density at radius 2 is 2.04 bits per heavy atom. The second kappa shape index (κ2) is 6.52. The molecule has 2 aliphatic rings. The van der Waals surface area contributed by atoms with E-state index in [-0.39, 0.29) is 23.8 Å². The van der Waals surface area contributed by atoms with Crippen molar-refractivity contribution in [1.82, 2.24) is 10.3 Å². The van der Waals surface area contributed by atoms with Crippen molar-refractivity contribution in [3.05, 3.63) is 42.2 Å². The molecule has 1 fully saturated rings. The first-order valence-electron chi connectivity index (χ1n) is 8.24. The molecule has 122 valence electrons. The van der Waals surface area contributed by atoms with Crippen LogP contribution in [0, 0.1) is 23.7 Å². The maximum atomic E-state index is 12.8. The van der Waals surface area contributed by atoms with Crippen LogP contribution in [0.25, 0.3) is 0 Å². The van der Waals surface area contributed by atoms with Gasteiger partial charge in [-0.2, -0.15) is 0 Å². The van der Waals surface area contributed by atoms with Crippen LogP contribution >= 0.6 is 0 Å². The molecule has 2 aliphatic carbocycles. The van der Waals surface area contributed by atoms with Crippen molar-refractivity contribution < 1.29 is 14.7 Å². The van der Waals surface area contributed by atoms with E-state index in [4.69, 9.17) is 0 Å². The number of aliphatic carboxylic acids is 1. The van der Waals surface area contributed by atoms with Crippen LogP contribution in [0.15, 0.2) is 36.5 Å². The Kier molecular flexibility index (Phi) is 4.46. The number of carbonyl (C=O) groups excluding carboxylic acids is 1. The number of carboxylic acid groups (broad SMARTS) is 1. The van der Waals surface area contributed by atoms with Gasteiger partial charge in [0.2, 0.25) is 5.91 Å². The van der Waals surface area contributed by atoms with Gasteiger partial charge in [-0.25, -0.2) is 0 Å². The van der Waals surface area contributed by atoms with Crippen LogP contribution in [0.2, 0.25) is 0 Å². The third-order valence-corrected chi connectivity index (χ3v) is 4.99. The highest BCUT2D eigenvalue weighted by molar-refractivity contribution is 5.87. The smallest absolute Gasteiger partial charge is 0.307 e. The van der Waals surface area contributed by atoms with Crippen LogP contribution in [0.4, 0.5) is 0 Å². The third-order valence-electron chi connectivity index (χ3n) is 4.99. The lowest BCUT2D eigenvalue weighted by Crippen LogP contribution is -2.41. The molecular weight excluding hydrogens is 292 g/mol. The van der Waals surface area contributed by atoms with Crippen molar-refractivity contribution in [2.75, 3.05) is 0 Å². The summed E-state index contributed by atoms with van der Waals surface area (Å²) in [5.74, 6) is -2.05. The molecule has 2 bridgehead atoms. The number of carboxylic acids is 1. The number of nitrogens with one attached hydrogen (secondary N) is 1. The van der Waals surface area contributed by atoms with E-state index in [1.165, 1.54) is 0 Å². The van der Waals surface area contributed by atoms with Gasteiger partial charge in [0.1, 0.15) is 0 Å². The van der Waals surface area contributed by atoms with Gasteiger partial charge >= 0.3 is 5.97 Å². The highest BCUT2D eigenvalue weighted by Crippen LogP contribution is 2.48. The number of allylic oxidation sites excluding steroid dienone is 2. The lowest BCUT2D eigenvalue weighted by Gasteiger charge is -2.26. The van der Waals surface area contributed by atoms with Gasteiger partial charge < -0.3 is 10.4 Å². The van der Waals surface area contributed by atoms with E-state index >= 15 is 0 Å². The number of pyridine rings is 1. The van der Waals surface area contributed by atoms with Crippen molar-refractivity contribution in [2.24, 2.45) is 23.7 Å². The Morgan fingerprint density at radius 3 is 2.65 bits per heavy atom. The summed E-state index contributed by atoms with van der Waals surface area (Å²) in [6.07, 6.45) is 8.15. The van der Waals surface area contributed by atoms with Gasteiger partial charge in [-0.15, -0.1) is 0 Å². The zero-order chi connectivity index (χ0) is 16.4. The summed E-state index contributed by atoms with van der Waals surface area (Å²) in [6, 6.07) is 5.48. The SMILES string of the molecule is CCC[C@H](NC(=O)[C@@H]1[C@H](C(=O)O)[C@H]2C=C[C@H]1C2)c1ccccn1. The molecule has 0 aliphatic heterocycles. The lowest BCUT2D eigenvalue weighted by molar-refractivity contribution is -0.148. The van der Waals surface area contributed by atoms with E-state index in [9.17, 15) is 14.7 Å². The molecule has 5 heteroatoms. The van der Waals surface area contributed by atoms with Gasteiger partial charge in [0.25, 0.3) is 0 Å². The Labute approximate surface area is 135 Å². The number of aromatic nitrogens is 1. The van der Waals surface area contributed by atoms with Crippen molar-refractivity contribution >= 4 is 11.9 Å². The molecular formula is C18H22N2O3. The first-order chi connectivity index (χ1) is 11.1. The largest absolute Gasteiger partial charge is 0.481 e. The molecule has 0 unspecified atom stereocenters. The van der Waals surface area contributed by atoms with Crippen LogP contribution in [-0.4, -0.2) is 22.0 Å². The van der Waals surface area contributed by atoms with Crippen molar-refractivity contribution in [3.63, 3.8) is 0 Å². The summed E-state index contributed by atoms with van der Waals surface area (Å²) in [4.78, 5) is 28.7. The molecule has 0 aromatic carbocycles. The van der Waals surface area contributed by atoms with Gasteiger partial charge in [0.15, 0.2) is 0 Å². The van der Waals surface area contributed by atoms with Crippen LogP contribution in [0.3, 0.4) is 0 Å².